The minimum absolute atomic E-state index is 0.133. The molecule has 0 aromatic heterocycles. The van der Waals surface area contributed by atoms with Gasteiger partial charge in [-0.15, -0.1) is 0 Å². The van der Waals surface area contributed by atoms with E-state index >= 15 is 0 Å². The Morgan fingerprint density at radius 1 is 0.318 bits per heavy atom. The van der Waals surface area contributed by atoms with E-state index in [1.165, 1.54) is 77.0 Å². The predicted octanol–water partition coefficient (Wildman–Crippen LogP) is 2.10. The normalized spacial score (nSPS) is 56.4. The first-order valence-corrected chi connectivity index (χ1v) is 18.6. The molecule has 240 valence electrons. The summed E-state index contributed by atoms with van der Waals surface area (Å²) in [5.74, 6) is 4.19. The van der Waals surface area contributed by atoms with Gasteiger partial charge in [0.15, 0.2) is 0 Å². The second-order valence-corrected chi connectivity index (χ2v) is 16.3. The van der Waals surface area contributed by atoms with Gasteiger partial charge in [-0.3, -0.25) is 42.5 Å². The molecule has 9 rings (SSSR count). The summed E-state index contributed by atoms with van der Waals surface area (Å²) in [7, 11) is 0. The van der Waals surface area contributed by atoms with E-state index in [1.807, 2.05) is 0 Å². The Labute approximate surface area is 263 Å². The van der Waals surface area contributed by atoms with Gasteiger partial charge in [-0.1, -0.05) is 38.5 Å². The Morgan fingerprint density at radius 2 is 0.523 bits per heavy atom. The highest BCUT2D eigenvalue weighted by atomic mass is 15.4. The van der Waals surface area contributed by atoms with Crippen LogP contribution >= 0.6 is 0 Å². The van der Waals surface area contributed by atoms with Crippen LogP contribution in [-0.4, -0.2) is 49.3 Å². The van der Waals surface area contributed by atoms with Gasteiger partial charge in [-0.05, 0) is 98.7 Å². The van der Waals surface area contributed by atoms with Crippen LogP contribution in [0.15, 0.2) is 0 Å². The van der Waals surface area contributed by atoms with Gasteiger partial charge in [0.2, 0.25) is 0 Å². The van der Waals surface area contributed by atoms with Crippen LogP contribution in [0.4, 0.5) is 0 Å². The van der Waals surface area contributed by atoms with Gasteiger partial charge in [0, 0.05) is 0 Å². The fraction of sp³-hybridized carbons (Fsp3) is 0.941. The van der Waals surface area contributed by atoms with Crippen molar-refractivity contribution in [2.75, 3.05) is 0 Å². The number of nitrogens with zero attached hydrogens (tertiary/aromatic N) is 2. The van der Waals surface area contributed by atoms with Crippen LogP contribution in [0, 0.1) is 81.8 Å². The van der Waals surface area contributed by atoms with Crippen molar-refractivity contribution in [3.05, 3.63) is 0 Å². The van der Waals surface area contributed by atoms with Crippen LogP contribution in [0.25, 0.3) is 0 Å². The Bertz CT molecular complexity index is 1070. The lowest BCUT2D eigenvalue weighted by atomic mass is 9.68. The number of fused-ring (bicyclic) bond motifs is 20. The van der Waals surface area contributed by atoms with Crippen LogP contribution in [0.1, 0.15) is 89.9 Å². The summed E-state index contributed by atoms with van der Waals surface area (Å²) < 4.78 is 0. The topological polar surface area (TPSA) is 144 Å². The number of nitrogens with one attached hydrogen (secondary N) is 8. The molecule has 9 fully saturated rings. The van der Waals surface area contributed by atoms with Gasteiger partial charge in [0.25, 0.3) is 0 Å². The zero-order chi connectivity index (χ0) is 29.4. The third-order valence-electron chi connectivity index (χ3n) is 14.3. The molecule has 9 aliphatic rings. The molecule has 18 unspecified atom stereocenters. The zero-order valence-electron chi connectivity index (χ0n) is 26.2. The summed E-state index contributed by atoms with van der Waals surface area (Å²) in [6.45, 7) is 0. The van der Waals surface area contributed by atoms with E-state index in [4.69, 9.17) is 0 Å². The molecule has 18 atom stereocenters. The highest BCUT2D eigenvalue weighted by Crippen LogP contribution is 2.47. The molecule has 5 heterocycles. The third kappa shape index (κ3) is 4.78. The third-order valence-corrected chi connectivity index (χ3v) is 14.3. The number of hydrogen-bond acceptors (Lipinski definition) is 10. The van der Waals surface area contributed by atoms with Crippen LogP contribution in [0.2, 0.25) is 0 Å². The molecule has 0 spiro atoms. The summed E-state index contributed by atoms with van der Waals surface area (Å²) >= 11 is 0. The zero-order valence-corrected chi connectivity index (χ0v) is 26.2. The first kappa shape index (κ1) is 28.8. The van der Waals surface area contributed by atoms with Crippen molar-refractivity contribution in [2.45, 2.75) is 139 Å². The molecule has 0 radical (unpaired) electrons. The lowest BCUT2D eigenvalue weighted by molar-refractivity contribution is 0.139. The highest BCUT2D eigenvalue weighted by molar-refractivity contribution is 5.12. The lowest BCUT2D eigenvalue weighted by Crippen LogP contribution is -2.61. The molecule has 5 aliphatic heterocycles. The first-order valence-electron chi connectivity index (χ1n) is 18.6. The standard InChI is InChI=1S/C34H54N10/c35-15-17-13-25-26(14-18(17)16-36)34-43-32-24-12-6-4-10-22(24)30(41-32)39-28-20-8-2-1-7-19(20)27(37-28)38-29-21-9-3-5-11-23(21)31(40-29)42-33(25)44-34/h17-34,37-44H,1-14H2. The number of nitriles is 2. The van der Waals surface area contributed by atoms with E-state index in [2.05, 4.69) is 54.7 Å². The highest BCUT2D eigenvalue weighted by Gasteiger charge is 2.55. The van der Waals surface area contributed by atoms with Crippen LogP contribution in [-0.2, 0) is 0 Å². The Kier molecular flexibility index (Phi) is 7.68. The van der Waals surface area contributed by atoms with Crippen molar-refractivity contribution >= 4 is 0 Å². The molecule has 8 N–H and O–H groups in total. The van der Waals surface area contributed by atoms with Crippen LogP contribution in [0.3, 0.4) is 0 Å². The van der Waals surface area contributed by atoms with Crippen molar-refractivity contribution in [1.29, 1.82) is 10.5 Å². The van der Waals surface area contributed by atoms with Crippen LogP contribution < -0.4 is 42.5 Å². The molecule has 8 bridgehead atoms. The molecule has 0 amide bonds. The summed E-state index contributed by atoms with van der Waals surface area (Å²) in [6.07, 6.45) is 19.5. The van der Waals surface area contributed by atoms with E-state index < -0.39 is 0 Å². The molecule has 0 aromatic rings. The SMILES string of the molecule is N#CC1CC2C3NC4NC(NC5NC(NC6NC(NC(N3)C2CC1C#N)C1CCCCC61)C1CCCCC51)C1CCCCC41. The van der Waals surface area contributed by atoms with E-state index in [9.17, 15) is 10.5 Å². The second-order valence-electron chi connectivity index (χ2n) is 16.3. The fourth-order valence-electron chi connectivity index (χ4n) is 12.3. The van der Waals surface area contributed by atoms with E-state index in [0.29, 0.717) is 72.0 Å². The largest absolute Gasteiger partial charge is 0.286 e. The first-order chi connectivity index (χ1) is 21.7. The molecule has 10 nitrogen and oxygen atoms in total. The number of hydrogen-bond donors (Lipinski definition) is 8. The molecular weight excluding hydrogens is 548 g/mol. The monoisotopic (exact) mass is 602 g/mol. The minimum Gasteiger partial charge on any atom is -0.286 e. The summed E-state index contributed by atoms with van der Waals surface area (Å²) in [5.41, 5.74) is 0. The van der Waals surface area contributed by atoms with Crippen molar-refractivity contribution in [3.8, 4) is 12.1 Å². The molecule has 4 saturated carbocycles. The van der Waals surface area contributed by atoms with E-state index in [-0.39, 0.29) is 36.5 Å². The molecule has 5 saturated heterocycles. The molecule has 0 aromatic carbocycles. The van der Waals surface area contributed by atoms with Crippen molar-refractivity contribution in [1.82, 2.24) is 42.5 Å². The van der Waals surface area contributed by atoms with Gasteiger partial charge in [0.1, 0.15) is 0 Å². The lowest BCUT2D eigenvalue weighted by Gasteiger charge is -2.37. The quantitative estimate of drug-likeness (QED) is 0.208. The average Bonchev–Trinajstić information content (AvgIpc) is 3.79. The molecule has 10 heteroatoms. The van der Waals surface area contributed by atoms with Gasteiger partial charge >= 0.3 is 0 Å². The van der Waals surface area contributed by atoms with Crippen molar-refractivity contribution in [2.24, 2.45) is 59.2 Å². The Morgan fingerprint density at radius 3 is 0.727 bits per heavy atom. The van der Waals surface area contributed by atoms with Gasteiger partial charge in [-0.25, -0.2) is 0 Å². The maximum Gasteiger partial charge on any atom is 0.0669 e. The average molecular weight is 603 g/mol. The molecular formula is C34H54N10. The Hall–Kier alpha value is -1.34. The fourth-order valence-corrected chi connectivity index (χ4v) is 12.3. The van der Waals surface area contributed by atoms with Gasteiger partial charge in [-0.2, -0.15) is 10.5 Å². The summed E-state index contributed by atoms with van der Waals surface area (Å²) in [6, 6.07) is 5.07. The minimum atomic E-state index is -0.181. The van der Waals surface area contributed by atoms with Crippen molar-refractivity contribution < 1.29 is 0 Å². The number of rotatable bonds is 0. The summed E-state index contributed by atoms with van der Waals surface area (Å²) in [5, 5.41) is 53.3. The van der Waals surface area contributed by atoms with E-state index in [1.54, 1.807) is 0 Å². The second kappa shape index (κ2) is 11.7. The summed E-state index contributed by atoms with van der Waals surface area (Å²) in [4.78, 5) is 0. The predicted molar refractivity (Wildman–Crippen MR) is 166 cm³/mol. The van der Waals surface area contributed by atoms with Gasteiger partial charge < -0.3 is 0 Å². The maximum absolute atomic E-state index is 10.1. The Balaban J connectivity index is 1.06. The van der Waals surface area contributed by atoms with Crippen molar-refractivity contribution in [3.63, 3.8) is 0 Å². The van der Waals surface area contributed by atoms with E-state index in [0.717, 1.165) is 12.8 Å². The molecule has 44 heavy (non-hydrogen) atoms. The van der Waals surface area contributed by atoms with Gasteiger partial charge in [0.05, 0.1) is 73.3 Å². The maximum atomic E-state index is 10.1. The van der Waals surface area contributed by atoms with Crippen LogP contribution in [0.5, 0.6) is 0 Å². The molecule has 4 aliphatic carbocycles. The smallest absolute Gasteiger partial charge is 0.0669 e.